The van der Waals surface area contributed by atoms with Crippen molar-refractivity contribution in [2.24, 2.45) is 5.10 Å². The number of fused-ring (bicyclic) bond motifs is 1. The number of aromatic nitrogens is 3. The first-order valence-electron chi connectivity index (χ1n) is 8.57. The van der Waals surface area contributed by atoms with Gasteiger partial charge in [0.2, 0.25) is 0 Å². The van der Waals surface area contributed by atoms with Gasteiger partial charge in [0.25, 0.3) is 5.91 Å². The van der Waals surface area contributed by atoms with Crippen LogP contribution in [0.2, 0.25) is 0 Å². The molecule has 6 heteroatoms. The first-order chi connectivity index (χ1) is 12.3. The lowest BCUT2D eigenvalue weighted by molar-refractivity contribution is 0.0954. The maximum atomic E-state index is 12.3. The van der Waals surface area contributed by atoms with E-state index in [4.69, 9.17) is 0 Å². The molecule has 0 unspecified atom stereocenters. The van der Waals surface area contributed by atoms with E-state index in [0.717, 1.165) is 16.7 Å². The lowest BCUT2D eigenvalue weighted by Crippen LogP contribution is -2.21. The summed E-state index contributed by atoms with van der Waals surface area (Å²) >= 11 is 0. The number of nitrogens with one attached hydrogen (secondary N) is 1. The molecule has 0 saturated heterocycles. The minimum atomic E-state index is -0.228. The Hall–Kier alpha value is -3.02. The largest absolute Gasteiger partial charge is 0.271 e. The maximum Gasteiger partial charge on any atom is 0.271 e. The van der Waals surface area contributed by atoms with E-state index in [9.17, 15) is 4.79 Å². The zero-order valence-corrected chi connectivity index (χ0v) is 15.5. The Balaban J connectivity index is 1.66. The van der Waals surface area contributed by atoms with E-state index < -0.39 is 0 Å². The van der Waals surface area contributed by atoms with E-state index in [1.807, 2.05) is 55.5 Å². The fourth-order valence-corrected chi connectivity index (χ4v) is 2.62. The van der Waals surface area contributed by atoms with Crippen molar-refractivity contribution in [2.45, 2.75) is 39.7 Å². The van der Waals surface area contributed by atoms with Crippen molar-refractivity contribution in [3.63, 3.8) is 0 Å². The van der Waals surface area contributed by atoms with Gasteiger partial charge in [0, 0.05) is 5.56 Å². The van der Waals surface area contributed by atoms with Gasteiger partial charge in [-0.2, -0.15) is 5.10 Å². The fraction of sp³-hybridized carbons (Fsp3) is 0.300. The zero-order chi connectivity index (χ0) is 18.7. The number of amides is 1. The number of hydrazone groups is 1. The van der Waals surface area contributed by atoms with Crippen LogP contribution in [0, 0.1) is 0 Å². The number of nitrogens with zero attached hydrogens (tertiary/aromatic N) is 4. The van der Waals surface area contributed by atoms with Crippen LogP contribution >= 0.6 is 0 Å². The molecule has 6 nitrogen and oxygen atoms in total. The molecule has 1 aromatic heterocycles. The van der Waals surface area contributed by atoms with Crippen molar-refractivity contribution < 1.29 is 4.79 Å². The Kier molecular flexibility index (Phi) is 4.84. The number of carbonyl (C=O) groups is 1. The summed E-state index contributed by atoms with van der Waals surface area (Å²) in [4.78, 5) is 12.3. The standard InChI is InChI=1S/C20H23N5O/c1-14(13-25-18-8-6-5-7-17(18)22-24-25)21-23-19(26)15-9-11-16(12-10-15)20(2,3)4/h5-12H,13H2,1-4H3,(H,23,26)/b21-14-. The van der Waals surface area contributed by atoms with Crippen LogP contribution in [0.1, 0.15) is 43.6 Å². The van der Waals surface area contributed by atoms with Crippen molar-refractivity contribution in [2.75, 3.05) is 0 Å². The number of hydrogen-bond acceptors (Lipinski definition) is 4. The Morgan fingerprint density at radius 2 is 1.81 bits per heavy atom. The van der Waals surface area contributed by atoms with E-state index in [0.29, 0.717) is 12.1 Å². The monoisotopic (exact) mass is 349 g/mol. The van der Waals surface area contributed by atoms with Gasteiger partial charge in [-0.1, -0.05) is 50.3 Å². The summed E-state index contributed by atoms with van der Waals surface area (Å²) in [6, 6.07) is 15.3. The Labute approximate surface area is 152 Å². The molecule has 26 heavy (non-hydrogen) atoms. The first-order valence-corrected chi connectivity index (χ1v) is 8.57. The summed E-state index contributed by atoms with van der Waals surface area (Å²) in [5.41, 5.74) is 6.94. The number of para-hydroxylation sites is 1. The maximum absolute atomic E-state index is 12.3. The highest BCUT2D eigenvalue weighted by Crippen LogP contribution is 2.22. The Morgan fingerprint density at radius 3 is 2.50 bits per heavy atom. The molecular weight excluding hydrogens is 326 g/mol. The molecule has 0 fully saturated rings. The van der Waals surface area contributed by atoms with Gasteiger partial charge >= 0.3 is 0 Å². The average Bonchev–Trinajstić information content (AvgIpc) is 3.02. The Morgan fingerprint density at radius 1 is 1.12 bits per heavy atom. The third-order valence-electron chi connectivity index (χ3n) is 4.16. The molecule has 0 bridgehead atoms. The highest BCUT2D eigenvalue weighted by atomic mass is 16.2. The minimum absolute atomic E-state index is 0.0598. The zero-order valence-electron chi connectivity index (χ0n) is 15.5. The predicted octanol–water partition coefficient (Wildman–Crippen LogP) is 3.53. The molecule has 0 saturated carbocycles. The second-order valence-corrected chi connectivity index (χ2v) is 7.35. The minimum Gasteiger partial charge on any atom is -0.267 e. The van der Waals surface area contributed by atoms with Crippen LogP contribution in [0.25, 0.3) is 11.0 Å². The molecule has 3 aromatic rings. The number of hydrogen-bond donors (Lipinski definition) is 1. The normalized spacial score (nSPS) is 12.4. The summed E-state index contributed by atoms with van der Waals surface area (Å²) < 4.78 is 1.76. The molecular formula is C20H23N5O. The van der Waals surface area contributed by atoms with E-state index in [-0.39, 0.29) is 11.3 Å². The molecule has 1 N–H and O–H groups in total. The summed E-state index contributed by atoms with van der Waals surface area (Å²) in [6.45, 7) is 8.74. The third-order valence-corrected chi connectivity index (χ3v) is 4.16. The van der Waals surface area contributed by atoms with Crippen LogP contribution in [0.3, 0.4) is 0 Å². The number of benzene rings is 2. The molecule has 0 aliphatic heterocycles. The second kappa shape index (κ2) is 7.07. The van der Waals surface area contributed by atoms with Crippen molar-refractivity contribution in [3.8, 4) is 0 Å². The molecule has 134 valence electrons. The summed E-state index contributed by atoms with van der Waals surface area (Å²) in [7, 11) is 0. The highest BCUT2D eigenvalue weighted by molar-refractivity contribution is 5.95. The van der Waals surface area contributed by atoms with Crippen molar-refractivity contribution in [3.05, 3.63) is 59.7 Å². The van der Waals surface area contributed by atoms with Gasteiger partial charge in [-0.15, -0.1) is 5.10 Å². The first kappa shape index (κ1) is 17.8. The van der Waals surface area contributed by atoms with E-state index in [2.05, 4.69) is 41.6 Å². The summed E-state index contributed by atoms with van der Waals surface area (Å²) in [6.07, 6.45) is 0. The smallest absolute Gasteiger partial charge is 0.267 e. The van der Waals surface area contributed by atoms with E-state index >= 15 is 0 Å². The van der Waals surface area contributed by atoms with Crippen LogP contribution in [-0.4, -0.2) is 26.6 Å². The lowest BCUT2D eigenvalue weighted by atomic mass is 9.87. The molecule has 3 rings (SSSR count). The number of carbonyl (C=O) groups excluding carboxylic acids is 1. The van der Waals surface area contributed by atoms with Gasteiger partial charge in [0.1, 0.15) is 5.52 Å². The van der Waals surface area contributed by atoms with Gasteiger partial charge in [0.05, 0.1) is 17.8 Å². The van der Waals surface area contributed by atoms with Gasteiger partial charge in [0.15, 0.2) is 0 Å². The van der Waals surface area contributed by atoms with Crippen LogP contribution in [0.15, 0.2) is 53.6 Å². The van der Waals surface area contributed by atoms with Crippen molar-refractivity contribution in [1.82, 2.24) is 20.4 Å². The molecule has 0 aliphatic carbocycles. The van der Waals surface area contributed by atoms with Crippen LogP contribution in [0.5, 0.6) is 0 Å². The quantitative estimate of drug-likeness (QED) is 0.578. The Bertz CT molecular complexity index is 948. The molecule has 0 spiro atoms. The molecule has 1 heterocycles. The van der Waals surface area contributed by atoms with E-state index in [1.165, 1.54) is 5.56 Å². The molecule has 0 atom stereocenters. The topological polar surface area (TPSA) is 72.2 Å². The van der Waals surface area contributed by atoms with Gasteiger partial charge in [-0.3, -0.25) is 4.79 Å². The second-order valence-electron chi connectivity index (χ2n) is 7.35. The summed E-state index contributed by atoms with van der Waals surface area (Å²) in [5, 5.41) is 12.4. The van der Waals surface area contributed by atoms with Gasteiger partial charge < -0.3 is 0 Å². The van der Waals surface area contributed by atoms with Crippen molar-refractivity contribution >= 4 is 22.7 Å². The van der Waals surface area contributed by atoms with Crippen molar-refractivity contribution in [1.29, 1.82) is 0 Å². The average molecular weight is 349 g/mol. The molecule has 0 aliphatic rings. The fourth-order valence-electron chi connectivity index (χ4n) is 2.62. The molecule has 1 amide bonds. The molecule has 0 radical (unpaired) electrons. The van der Waals surface area contributed by atoms with Crippen LogP contribution in [-0.2, 0) is 12.0 Å². The molecule has 2 aromatic carbocycles. The lowest BCUT2D eigenvalue weighted by Gasteiger charge is -2.18. The van der Waals surface area contributed by atoms with E-state index in [1.54, 1.807) is 4.68 Å². The predicted molar refractivity (Wildman–Crippen MR) is 103 cm³/mol. The summed E-state index contributed by atoms with van der Waals surface area (Å²) in [5.74, 6) is -0.228. The van der Waals surface area contributed by atoms with Gasteiger partial charge in [-0.05, 0) is 42.2 Å². The van der Waals surface area contributed by atoms with Crippen LogP contribution < -0.4 is 5.43 Å². The third kappa shape index (κ3) is 3.96. The SMILES string of the molecule is C/C(Cn1nnc2ccccc21)=N/NC(=O)c1ccc(C(C)(C)C)cc1. The number of rotatable bonds is 4. The van der Waals surface area contributed by atoms with Crippen LogP contribution in [0.4, 0.5) is 0 Å². The highest BCUT2D eigenvalue weighted by Gasteiger charge is 2.14. The van der Waals surface area contributed by atoms with Gasteiger partial charge in [-0.25, -0.2) is 10.1 Å².